The van der Waals surface area contributed by atoms with Crippen molar-refractivity contribution in [2.45, 2.75) is 0 Å². The molecular formula is C115H72N8O3. The van der Waals surface area contributed by atoms with E-state index < -0.39 is 0 Å². The Hall–Kier alpha value is -17.2. The summed E-state index contributed by atoms with van der Waals surface area (Å²) in [6.45, 7) is 0. The number of benzene rings is 20. The molecule has 0 spiro atoms. The molecule has 126 heavy (non-hydrogen) atoms. The lowest BCUT2D eigenvalue weighted by atomic mass is 9.94. The Morgan fingerprint density at radius 3 is 0.976 bits per heavy atom. The highest BCUT2D eigenvalue weighted by molar-refractivity contribution is 6.28. The molecule has 11 heteroatoms. The van der Waals surface area contributed by atoms with Gasteiger partial charge in [0.25, 0.3) is 0 Å². The minimum atomic E-state index is 0.870. The van der Waals surface area contributed by atoms with Crippen molar-refractivity contribution in [3.63, 3.8) is 0 Å². The van der Waals surface area contributed by atoms with Crippen LogP contribution < -0.4 is 4.90 Å². The fourth-order valence-corrected chi connectivity index (χ4v) is 19.3. The molecule has 0 aliphatic heterocycles. The van der Waals surface area contributed by atoms with Gasteiger partial charge in [0.2, 0.25) is 0 Å². The van der Waals surface area contributed by atoms with Crippen LogP contribution in [0.25, 0.3) is 220 Å². The zero-order valence-corrected chi connectivity index (χ0v) is 67.9. The zero-order valence-electron chi connectivity index (χ0n) is 67.9. The quantitative estimate of drug-likeness (QED) is 0.134. The molecule has 7 aromatic heterocycles. The SMILES string of the molecule is c1ccc(-n2cnc3c4c(ccc5c6ccccc6oc54)c(-c4ccc5c(c4)c4ccccc4n5-c4ccccc4)cc32)cc1.c1ccc(-n2cnc3c4c(ccc5c6ccccc6oc54)c(-c4ccc5ccccc5c4)cc32)cc1.c1ccc(N(c2ccccc2)c2ccc(-c3cc4c(ncn4-c4ccccc4)c4c3ccc3c5ccccc5oc34)cc2)cc1. The van der Waals surface area contributed by atoms with Gasteiger partial charge in [-0.3, -0.25) is 13.7 Å². The Kier molecular flexibility index (Phi) is 16.7. The van der Waals surface area contributed by atoms with Gasteiger partial charge in [-0.15, -0.1) is 0 Å². The highest BCUT2D eigenvalue weighted by atomic mass is 16.3. The third kappa shape index (κ3) is 11.7. The maximum Gasteiger partial charge on any atom is 0.145 e. The number of imidazole rings is 3. The third-order valence-electron chi connectivity index (χ3n) is 25.1. The molecule has 27 aromatic rings. The fourth-order valence-electron chi connectivity index (χ4n) is 19.3. The van der Waals surface area contributed by atoms with Crippen LogP contribution in [0.1, 0.15) is 0 Å². The number of nitrogens with zero attached hydrogens (tertiary/aromatic N) is 8. The van der Waals surface area contributed by atoms with E-state index in [1.807, 2.05) is 73.6 Å². The van der Waals surface area contributed by atoms with E-state index >= 15 is 0 Å². The van der Waals surface area contributed by atoms with Crippen LogP contribution in [0.15, 0.2) is 451 Å². The smallest absolute Gasteiger partial charge is 0.145 e. The number of fused-ring (bicyclic) bond motifs is 25. The van der Waals surface area contributed by atoms with Crippen molar-refractivity contribution in [3.05, 3.63) is 438 Å². The van der Waals surface area contributed by atoms with Gasteiger partial charge in [-0.05, 0) is 224 Å². The molecular weight excluding hydrogens is 1540 g/mol. The summed E-state index contributed by atoms with van der Waals surface area (Å²) in [4.78, 5) is 17.2. The van der Waals surface area contributed by atoms with Crippen LogP contribution in [0.5, 0.6) is 0 Å². The lowest BCUT2D eigenvalue weighted by Gasteiger charge is -2.25. The second kappa shape index (κ2) is 29.3. The average molecular weight is 1610 g/mol. The number of hydrogen-bond acceptors (Lipinski definition) is 7. The standard InChI is InChI=1S/C41H25N3O.C41H27N3O.C33H20N2O/c1-3-11-27(12-4-1)43-25-42-40-37(43)24-33(31-20-21-32-30-16-8-10-18-38(30)45-41(32)39(31)40)26-19-22-36-34(23-26)29-15-7-9-17-35(29)44(36)28-13-5-2-6-14-28;1-4-12-29(13-5-1)43-27-42-40-37(43)26-36(34-24-25-35-33-18-10-11-19-38(33)45-41(35)39(34)40)28-20-22-32(23-21-28)44(30-14-6-2-7-15-30)31-16-8-3-9-17-31;1-2-10-24(11-3-1)35-20-34-32-29(35)19-28(23-15-14-21-8-4-5-9-22(21)18-23)26-16-17-27-25-12-6-7-13-30(25)36-33(27)31(26)32/h1-25H;1-27H;1-20H. The first kappa shape index (κ1) is 71.7. The van der Waals surface area contributed by atoms with Gasteiger partial charge in [-0.25, -0.2) is 15.0 Å². The predicted octanol–water partition coefficient (Wildman–Crippen LogP) is 31.0. The van der Waals surface area contributed by atoms with Crippen molar-refractivity contribution < 1.29 is 13.3 Å². The van der Waals surface area contributed by atoms with Crippen LogP contribution in [0, 0.1) is 0 Å². The Morgan fingerprint density at radius 2 is 0.532 bits per heavy atom. The molecule has 0 N–H and O–H groups in total. The van der Waals surface area contributed by atoms with Crippen molar-refractivity contribution in [2.75, 3.05) is 4.90 Å². The van der Waals surface area contributed by atoms with Gasteiger partial charge < -0.3 is 22.7 Å². The highest BCUT2D eigenvalue weighted by Gasteiger charge is 2.26. The van der Waals surface area contributed by atoms with Gasteiger partial charge in [0.1, 0.15) is 69.0 Å². The lowest BCUT2D eigenvalue weighted by molar-refractivity contribution is 0.672. The molecule has 0 unspecified atom stereocenters. The molecule has 0 amide bonds. The van der Waals surface area contributed by atoms with E-state index in [-0.39, 0.29) is 0 Å². The maximum atomic E-state index is 6.61. The Morgan fingerprint density at radius 1 is 0.206 bits per heavy atom. The van der Waals surface area contributed by atoms with Crippen molar-refractivity contribution in [1.29, 1.82) is 0 Å². The molecule has 0 bridgehead atoms. The first-order valence-corrected chi connectivity index (χ1v) is 42.5. The molecule has 0 fully saturated rings. The zero-order chi connectivity index (χ0) is 82.9. The summed E-state index contributed by atoms with van der Waals surface area (Å²) in [5.41, 5.74) is 28.2. The van der Waals surface area contributed by atoms with Crippen LogP contribution >= 0.6 is 0 Å². The number of furan rings is 3. The van der Waals surface area contributed by atoms with Crippen LogP contribution in [0.3, 0.4) is 0 Å². The number of rotatable bonds is 10. The minimum Gasteiger partial charge on any atom is -0.455 e. The van der Waals surface area contributed by atoms with E-state index in [9.17, 15) is 0 Å². The summed E-state index contributed by atoms with van der Waals surface area (Å²) >= 11 is 0. The minimum absolute atomic E-state index is 0.870. The van der Waals surface area contributed by atoms with E-state index in [4.69, 9.17) is 28.2 Å². The Bertz CT molecular complexity index is 8920. The summed E-state index contributed by atoms with van der Waals surface area (Å²) in [5, 5.41) is 18.1. The molecule has 7 heterocycles. The molecule has 0 aliphatic carbocycles. The highest BCUT2D eigenvalue weighted by Crippen LogP contribution is 2.49. The second-order valence-electron chi connectivity index (χ2n) is 32.2. The first-order valence-electron chi connectivity index (χ1n) is 42.5. The summed E-state index contributed by atoms with van der Waals surface area (Å²) < 4.78 is 28.6. The lowest BCUT2D eigenvalue weighted by Crippen LogP contribution is -2.09. The first-order chi connectivity index (χ1) is 62.5. The van der Waals surface area contributed by atoms with E-state index in [0.717, 1.165) is 193 Å². The van der Waals surface area contributed by atoms with E-state index in [1.54, 1.807) is 0 Å². The van der Waals surface area contributed by atoms with Crippen LogP contribution in [-0.4, -0.2) is 33.2 Å². The normalized spacial score (nSPS) is 11.8. The molecule has 20 aromatic carbocycles. The summed E-state index contributed by atoms with van der Waals surface area (Å²) in [5.74, 6) is 0. The van der Waals surface area contributed by atoms with Gasteiger partial charge >= 0.3 is 0 Å². The summed E-state index contributed by atoms with van der Waals surface area (Å²) in [7, 11) is 0. The fraction of sp³-hybridized carbons (Fsp3) is 0. The third-order valence-corrected chi connectivity index (χ3v) is 25.1. The van der Waals surface area contributed by atoms with Gasteiger partial charge in [-0.2, -0.15) is 0 Å². The maximum absolute atomic E-state index is 6.61. The molecule has 11 nitrogen and oxygen atoms in total. The Balaban J connectivity index is 0.000000104. The summed E-state index contributed by atoms with van der Waals surface area (Å²) in [6, 6.07) is 147. The largest absolute Gasteiger partial charge is 0.455 e. The molecule has 0 saturated heterocycles. The summed E-state index contributed by atoms with van der Waals surface area (Å²) in [6.07, 6.45) is 5.78. The monoisotopic (exact) mass is 1610 g/mol. The van der Waals surface area contributed by atoms with Crippen LogP contribution in [-0.2, 0) is 0 Å². The van der Waals surface area contributed by atoms with Crippen molar-refractivity contribution in [2.24, 2.45) is 0 Å². The topological polar surface area (TPSA) is 101 Å². The number of aromatic nitrogens is 7. The average Bonchev–Trinajstić information content (AvgIpc) is 1.54. The van der Waals surface area contributed by atoms with Gasteiger partial charge in [0, 0.05) is 82.9 Å². The van der Waals surface area contributed by atoms with E-state index in [0.29, 0.717) is 0 Å². The number of hydrogen-bond donors (Lipinski definition) is 0. The molecule has 27 rings (SSSR count). The molecule has 0 atom stereocenters. The Labute approximate surface area is 721 Å². The van der Waals surface area contributed by atoms with Crippen LogP contribution in [0.4, 0.5) is 17.1 Å². The van der Waals surface area contributed by atoms with Gasteiger partial charge in [0.15, 0.2) is 0 Å². The predicted molar refractivity (Wildman–Crippen MR) is 520 cm³/mol. The van der Waals surface area contributed by atoms with Gasteiger partial charge in [0.05, 0.1) is 43.7 Å². The second-order valence-corrected chi connectivity index (χ2v) is 32.2. The molecule has 590 valence electrons. The molecule has 0 saturated carbocycles. The van der Waals surface area contributed by atoms with Crippen molar-refractivity contribution >= 4 is 181 Å². The van der Waals surface area contributed by atoms with E-state index in [2.05, 4.69) is 387 Å². The molecule has 0 aliphatic rings. The van der Waals surface area contributed by atoms with Gasteiger partial charge in [-0.1, -0.05) is 255 Å². The van der Waals surface area contributed by atoms with Crippen molar-refractivity contribution in [1.82, 2.24) is 33.2 Å². The van der Waals surface area contributed by atoms with E-state index in [1.165, 1.54) is 43.7 Å². The number of anilines is 3. The van der Waals surface area contributed by atoms with Crippen LogP contribution in [0.2, 0.25) is 0 Å². The molecule has 0 radical (unpaired) electrons. The van der Waals surface area contributed by atoms with Crippen molar-refractivity contribution in [3.8, 4) is 56.1 Å². The number of para-hydroxylation sites is 10.